The molecule has 1 amide bonds. The van der Waals surface area contributed by atoms with Crippen molar-refractivity contribution in [2.45, 2.75) is 51.5 Å². The van der Waals surface area contributed by atoms with E-state index >= 15 is 4.39 Å². The summed E-state index contributed by atoms with van der Waals surface area (Å²) in [5.74, 6) is -0.861. The molecule has 196 valence electrons. The van der Waals surface area contributed by atoms with Gasteiger partial charge in [0.1, 0.15) is 6.61 Å². The lowest BCUT2D eigenvalue weighted by molar-refractivity contribution is -0.119. The van der Waals surface area contributed by atoms with Crippen LogP contribution in [0.1, 0.15) is 37.6 Å². The number of nitrogens with one attached hydrogen (secondary N) is 1. The van der Waals surface area contributed by atoms with E-state index in [1.54, 1.807) is 16.8 Å². The molecule has 2 aromatic carbocycles. The van der Waals surface area contributed by atoms with Gasteiger partial charge in [0.05, 0.1) is 22.7 Å². The van der Waals surface area contributed by atoms with Crippen LogP contribution in [0.25, 0.3) is 10.9 Å². The normalized spacial score (nSPS) is 12.2. The Labute approximate surface area is 216 Å². The molecular formula is C27H31FN4O4S. The second-order valence-electron chi connectivity index (χ2n) is 9.82. The van der Waals surface area contributed by atoms with Crippen LogP contribution in [0.4, 0.5) is 4.39 Å². The maximum Gasteiger partial charge on any atom is 0.268 e. The highest BCUT2D eigenvalue weighted by molar-refractivity contribution is 7.90. The number of nitrogens with zero attached hydrogens (tertiary/aromatic N) is 3. The van der Waals surface area contributed by atoms with Crippen LogP contribution in [-0.2, 0) is 26.8 Å². The van der Waals surface area contributed by atoms with Gasteiger partial charge in [-0.15, -0.1) is 0 Å². The number of fused-ring (bicyclic) bond motifs is 1. The van der Waals surface area contributed by atoms with Gasteiger partial charge in [0.15, 0.2) is 11.6 Å². The van der Waals surface area contributed by atoms with Gasteiger partial charge in [-0.3, -0.25) is 9.48 Å². The Balaban J connectivity index is 1.79. The van der Waals surface area contributed by atoms with Crippen molar-refractivity contribution in [3.05, 3.63) is 77.5 Å². The molecule has 0 unspecified atom stereocenters. The summed E-state index contributed by atoms with van der Waals surface area (Å²) in [5, 5.41) is 7.63. The van der Waals surface area contributed by atoms with Crippen LogP contribution in [0.2, 0.25) is 0 Å². The molecule has 0 saturated carbocycles. The summed E-state index contributed by atoms with van der Waals surface area (Å²) in [6.45, 7) is 9.82. The molecule has 4 aromatic rings. The summed E-state index contributed by atoms with van der Waals surface area (Å²) >= 11 is 0. The van der Waals surface area contributed by atoms with Gasteiger partial charge in [0, 0.05) is 42.7 Å². The van der Waals surface area contributed by atoms with E-state index in [0.717, 1.165) is 15.2 Å². The fraction of sp³-hybridized carbons (Fsp3) is 0.333. The maximum absolute atomic E-state index is 15.2. The zero-order chi connectivity index (χ0) is 27.0. The van der Waals surface area contributed by atoms with Crippen molar-refractivity contribution in [2.75, 3.05) is 13.2 Å². The van der Waals surface area contributed by atoms with Crippen molar-refractivity contribution in [2.24, 2.45) is 0 Å². The Bertz CT molecular complexity index is 1550. The molecule has 0 bridgehead atoms. The average Bonchev–Trinajstić information content (AvgIpc) is 3.42. The molecule has 0 fully saturated rings. The number of carbonyl (C=O) groups excluding carboxylic acids is 1. The molecule has 0 atom stereocenters. The summed E-state index contributed by atoms with van der Waals surface area (Å²) in [6, 6.07) is 11.1. The minimum Gasteiger partial charge on any atom is -0.489 e. The number of ether oxygens (including phenoxy) is 1. The van der Waals surface area contributed by atoms with Crippen molar-refractivity contribution in [1.82, 2.24) is 19.1 Å². The Morgan fingerprint density at radius 3 is 2.46 bits per heavy atom. The van der Waals surface area contributed by atoms with Gasteiger partial charge in [-0.25, -0.2) is 16.8 Å². The SMILES string of the molecule is CC(=O)NCC(C)(C)c1cn(S(=O)(=O)c2ccc(C)cc2)c2cc(F)c(OCCn3ccc(C)n3)cc12. The fourth-order valence-electron chi connectivity index (χ4n) is 4.15. The first-order valence-corrected chi connectivity index (χ1v) is 13.4. The van der Waals surface area contributed by atoms with E-state index < -0.39 is 21.3 Å². The van der Waals surface area contributed by atoms with E-state index in [1.807, 2.05) is 40.0 Å². The third-order valence-electron chi connectivity index (χ3n) is 6.26. The number of halogens is 1. The first-order chi connectivity index (χ1) is 17.4. The van der Waals surface area contributed by atoms with E-state index in [0.29, 0.717) is 17.5 Å². The number of amides is 1. The van der Waals surface area contributed by atoms with Crippen LogP contribution in [0.3, 0.4) is 0 Å². The number of hydrogen-bond acceptors (Lipinski definition) is 5. The first kappa shape index (κ1) is 26.4. The van der Waals surface area contributed by atoms with Crippen LogP contribution in [0, 0.1) is 19.7 Å². The third kappa shape index (κ3) is 5.53. The Morgan fingerprint density at radius 1 is 1.14 bits per heavy atom. The third-order valence-corrected chi connectivity index (χ3v) is 7.95. The lowest BCUT2D eigenvalue weighted by Crippen LogP contribution is -2.35. The quantitative estimate of drug-likeness (QED) is 0.350. The summed E-state index contributed by atoms with van der Waals surface area (Å²) < 4.78 is 51.0. The Hall–Kier alpha value is -3.66. The number of aromatic nitrogens is 3. The van der Waals surface area contributed by atoms with E-state index in [4.69, 9.17) is 4.74 Å². The van der Waals surface area contributed by atoms with Crippen molar-refractivity contribution < 1.29 is 22.3 Å². The second kappa shape index (κ2) is 10.0. The molecule has 0 saturated heterocycles. The molecule has 2 heterocycles. The van der Waals surface area contributed by atoms with Gasteiger partial charge in [0.2, 0.25) is 5.91 Å². The van der Waals surface area contributed by atoms with Gasteiger partial charge < -0.3 is 10.1 Å². The number of benzene rings is 2. The van der Waals surface area contributed by atoms with Crippen molar-refractivity contribution >= 4 is 26.8 Å². The smallest absolute Gasteiger partial charge is 0.268 e. The minimum atomic E-state index is -4.02. The van der Waals surface area contributed by atoms with Crippen LogP contribution in [-0.4, -0.2) is 41.2 Å². The predicted molar refractivity (Wildman–Crippen MR) is 140 cm³/mol. The van der Waals surface area contributed by atoms with Gasteiger partial charge >= 0.3 is 0 Å². The van der Waals surface area contributed by atoms with Crippen LogP contribution in [0.5, 0.6) is 5.75 Å². The van der Waals surface area contributed by atoms with Gasteiger partial charge in [-0.1, -0.05) is 31.5 Å². The summed E-state index contributed by atoms with van der Waals surface area (Å²) in [7, 11) is -4.02. The molecular weight excluding hydrogens is 495 g/mol. The summed E-state index contributed by atoms with van der Waals surface area (Å²) in [4.78, 5) is 11.7. The van der Waals surface area contributed by atoms with Crippen molar-refractivity contribution in [3.8, 4) is 5.75 Å². The highest BCUT2D eigenvalue weighted by Gasteiger charge is 2.30. The Morgan fingerprint density at radius 2 is 1.84 bits per heavy atom. The molecule has 2 aromatic heterocycles. The number of hydrogen-bond donors (Lipinski definition) is 1. The molecule has 1 N–H and O–H groups in total. The van der Waals surface area contributed by atoms with E-state index in [9.17, 15) is 13.2 Å². The van der Waals surface area contributed by atoms with Crippen molar-refractivity contribution in [1.29, 1.82) is 0 Å². The molecule has 0 aliphatic carbocycles. The molecule has 4 rings (SSSR count). The lowest BCUT2D eigenvalue weighted by Gasteiger charge is -2.24. The number of aryl methyl sites for hydroxylation is 2. The van der Waals surface area contributed by atoms with Crippen LogP contribution in [0.15, 0.2) is 59.8 Å². The van der Waals surface area contributed by atoms with Crippen LogP contribution < -0.4 is 10.1 Å². The molecule has 0 aliphatic heterocycles. The molecule has 0 aliphatic rings. The van der Waals surface area contributed by atoms with Crippen molar-refractivity contribution in [3.63, 3.8) is 0 Å². The summed E-state index contributed by atoms with van der Waals surface area (Å²) in [6.07, 6.45) is 3.33. The molecule has 0 radical (unpaired) electrons. The lowest BCUT2D eigenvalue weighted by atomic mass is 9.84. The van der Waals surface area contributed by atoms with E-state index in [1.165, 1.54) is 37.4 Å². The highest BCUT2D eigenvalue weighted by atomic mass is 32.2. The Kier molecular flexibility index (Phi) is 7.14. The molecule has 37 heavy (non-hydrogen) atoms. The maximum atomic E-state index is 15.2. The van der Waals surface area contributed by atoms with E-state index in [-0.39, 0.29) is 35.2 Å². The minimum absolute atomic E-state index is 0.0124. The van der Waals surface area contributed by atoms with E-state index in [2.05, 4.69) is 10.4 Å². The van der Waals surface area contributed by atoms with Crippen LogP contribution >= 0.6 is 0 Å². The second-order valence-corrected chi connectivity index (χ2v) is 11.6. The standard InChI is InChI=1S/C27H31FN4O4S/c1-18-6-8-21(9-7-18)37(34,35)32-16-23(27(4,5)17-29-20(3)33)22-14-26(24(28)15-25(22)32)36-13-12-31-11-10-19(2)30-31/h6-11,14-16H,12-13,17H2,1-5H3,(H,29,33). The highest BCUT2D eigenvalue weighted by Crippen LogP contribution is 2.37. The van der Waals surface area contributed by atoms with Gasteiger partial charge in [-0.2, -0.15) is 5.10 Å². The van der Waals surface area contributed by atoms with Gasteiger partial charge in [-0.05, 0) is 43.7 Å². The number of rotatable bonds is 9. The first-order valence-electron chi connectivity index (χ1n) is 11.9. The summed E-state index contributed by atoms with van der Waals surface area (Å²) in [5.41, 5.74) is 1.96. The molecule has 8 nitrogen and oxygen atoms in total. The predicted octanol–water partition coefficient (Wildman–Crippen LogP) is 4.32. The average molecular weight is 527 g/mol. The number of carbonyl (C=O) groups is 1. The zero-order valence-electron chi connectivity index (χ0n) is 21.6. The monoisotopic (exact) mass is 526 g/mol. The molecule has 0 spiro atoms. The largest absolute Gasteiger partial charge is 0.489 e. The zero-order valence-corrected chi connectivity index (χ0v) is 22.4. The topological polar surface area (TPSA) is 95.2 Å². The molecule has 10 heteroatoms. The fourth-order valence-corrected chi connectivity index (χ4v) is 5.51. The van der Waals surface area contributed by atoms with Gasteiger partial charge in [0.25, 0.3) is 10.0 Å².